The Kier molecular flexibility index (Phi) is 5.71. The molecule has 2 aliphatic heterocycles. The molecule has 3 heterocycles. The van der Waals surface area contributed by atoms with E-state index in [1.165, 1.54) is 35.3 Å². The number of nitrogens with zero attached hydrogens (tertiary/aromatic N) is 2. The predicted octanol–water partition coefficient (Wildman–Crippen LogP) is 4.12. The molecule has 1 unspecified atom stereocenters. The monoisotopic (exact) mass is 368 g/mol. The van der Waals surface area contributed by atoms with Crippen LogP contribution in [0.15, 0.2) is 41.8 Å². The molecule has 0 saturated carbocycles. The van der Waals surface area contributed by atoms with Crippen molar-refractivity contribution >= 4 is 17.2 Å². The van der Waals surface area contributed by atoms with E-state index in [4.69, 9.17) is 0 Å². The highest BCUT2D eigenvalue weighted by Crippen LogP contribution is 2.25. The van der Waals surface area contributed by atoms with Gasteiger partial charge < -0.3 is 4.90 Å². The van der Waals surface area contributed by atoms with Crippen LogP contribution in [0.25, 0.3) is 0 Å². The first-order valence-electron chi connectivity index (χ1n) is 9.90. The molecule has 0 radical (unpaired) electrons. The highest BCUT2D eigenvalue weighted by molar-refractivity contribution is 7.10. The number of carbonyl (C=O) groups is 1. The van der Waals surface area contributed by atoms with Crippen LogP contribution in [0.4, 0.5) is 0 Å². The third kappa shape index (κ3) is 4.18. The second-order valence-corrected chi connectivity index (χ2v) is 8.56. The van der Waals surface area contributed by atoms with Crippen LogP contribution < -0.4 is 0 Å². The summed E-state index contributed by atoms with van der Waals surface area (Å²) in [7, 11) is 0. The van der Waals surface area contributed by atoms with Crippen molar-refractivity contribution in [2.75, 3.05) is 19.6 Å². The van der Waals surface area contributed by atoms with Crippen molar-refractivity contribution in [2.24, 2.45) is 0 Å². The fraction of sp³-hybridized carbons (Fsp3) is 0.500. The van der Waals surface area contributed by atoms with Crippen LogP contribution in [0, 0.1) is 0 Å². The van der Waals surface area contributed by atoms with Crippen LogP contribution in [0.1, 0.15) is 41.7 Å². The van der Waals surface area contributed by atoms with Gasteiger partial charge in [0, 0.05) is 37.0 Å². The lowest BCUT2D eigenvalue weighted by Crippen LogP contribution is -2.43. The van der Waals surface area contributed by atoms with Crippen molar-refractivity contribution < 1.29 is 4.79 Å². The smallest absolute Gasteiger partial charge is 0.224 e. The Morgan fingerprint density at radius 1 is 1.12 bits per heavy atom. The summed E-state index contributed by atoms with van der Waals surface area (Å²) >= 11 is 1.83. The molecule has 1 fully saturated rings. The minimum atomic E-state index is 0.325. The number of rotatable bonds is 5. The van der Waals surface area contributed by atoms with Crippen molar-refractivity contribution in [1.82, 2.24) is 9.80 Å². The first-order chi connectivity index (χ1) is 12.8. The zero-order valence-electron chi connectivity index (χ0n) is 15.4. The second kappa shape index (κ2) is 8.36. The molecule has 3 nitrogen and oxygen atoms in total. The van der Waals surface area contributed by atoms with Crippen molar-refractivity contribution in [2.45, 2.75) is 51.1 Å². The molecule has 26 heavy (non-hydrogen) atoms. The summed E-state index contributed by atoms with van der Waals surface area (Å²) in [6.07, 6.45) is 6.63. The molecular weight excluding hydrogens is 340 g/mol. The van der Waals surface area contributed by atoms with Gasteiger partial charge in [-0.15, -0.1) is 11.3 Å². The molecule has 4 heteroatoms. The van der Waals surface area contributed by atoms with Crippen molar-refractivity contribution in [1.29, 1.82) is 0 Å². The van der Waals surface area contributed by atoms with Crippen LogP contribution >= 0.6 is 11.3 Å². The Hall–Kier alpha value is -1.65. The molecule has 0 bridgehead atoms. The van der Waals surface area contributed by atoms with Gasteiger partial charge in [0.2, 0.25) is 5.91 Å². The second-order valence-electron chi connectivity index (χ2n) is 7.56. The van der Waals surface area contributed by atoms with Gasteiger partial charge in [-0.3, -0.25) is 9.69 Å². The lowest BCUT2D eigenvalue weighted by Gasteiger charge is -2.36. The van der Waals surface area contributed by atoms with Crippen LogP contribution in [0.2, 0.25) is 0 Å². The number of thiophene rings is 1. The lowest BCUT2D eigenvalue weighted by atomic mass is 9.95. The third-order valence-corrected chi connectivity index (χ3v) is 6.86. The normalized spacial score (nSPS) is 20.8. The van der Waals surface area contributed by atoms with Gasteiger partial charge in [0.05, 0.1) is 0 Å². The molecule has 2 aromatic rings. The number of hydrogen-bond acceptors (Lipinski definition) is 3. The van der Waals surface area contributed by atoms with E-state index in [0.29, 0.717) is 18.4 Å². The Morgan fingerprint density at radius 3 is 2.88 bits per heavy atom. The number of amides is 1. The van der Waals surface area contributed by atoms with Crippen molar-refractivity contribution in [3.05, 3.63) is 57.8 Å². The first-order valence-corrected chi connectivity index (χ1v) is 10.8. The van der Waals surface area contributed by atoms with Crippen LogP contribution in [0.5, 0.6) is 0 Å². The minimum Gasteiger partial charge on any atom is -0.338 e. The van der Waals surface area contributed by atoms with Gasteiger partial charge >= 0.3 is 0 Å². The maximum atomic E-state index is 12.7. The molecule has 1 aromatic carbocycles. The molecule has 0 spiro atoms. The highest BCUT2D eigenvalue weighted by Gasteiger charge is 2.25. The Balaban J connectivity index is 1.31. The van der Waals surface area contributed by atoms with Gasteiger partial charge in [0.25, 0.3) is 0 Å². The SMILES string of the molecule is O=C(CCN1CCCCC1Cc1ccccc1)N1CCc2sccc2C1. The fourth-order valence-corrected chi connectivity index (χ4v) is 5.22. The predicted molar refractivity (Wildman–Crippen MR) is 107 cm³/mol. The summed E-state index contributed by atoms with van der Waals surface area (Å²) < 4.78 is 0. The average molecular weight is 369 g/mol. The fourth-order valence-electron chi connectivity index (χ4n) is 4.33. The molecule has 4 rings (SSSR count). The summed E-state index contributed by atoms with van der Waals surface area (Å²) in [6.45, 7) is 3.74. The lowest BCUT2D eigenvalue weighted by molar-refractivity contribution is -0.132. The van der Waals surface area contributed by atoms with Crippen molar-refractivity contribution in [3.63, 3.8) is 0 Å². The molecule has 138 valence electrons. The van der Waals surface area contributed by atoms with Crippen molar-refractivity contribution in [3.8, 4) is 0 Å². The summed E-state index contributed by atoms with van der Waals surface area (Å²) in [5.74, 6) is 0.325. The molecule has 1 atom stereocenters. The molecule has 1 aromatic heterocycles. The quantitative estimate of drug-likeness (QED) is 0.793. The highest BCUT2D eigenvalue weighted by atomic mass is 32.1. The van der Waals surface area contributed by atoms with Gasteiger partial charge in [-0.25, -0.2) is 0 Å². The summed E-state index contributed by atoms with van der Waals surface area (Å²) in [6, 6.07) is 13.6. The van der Waals surface area contributed by atoms with E-state index in [1.807, 2.05) is 11.3 Å². The van der Waals surface area contributed by atoms with Crippen LogP contribution in [-0.2, 0) is 24.2 Å². The van der Waals surface area contributed by atoms with E-state index >= 15 is 0 Å². The summed E-state index contributed by atoms with van der Waals surface area (Å²) in [5.41, 5.74) is 2.77. The molecule has 1 amide bonds. The van der Waals surface area contributed by atoms with E-state index < -0.39 is 0 Å². The van der Waals surface area contributed by atoms with E-state index in [1.54, 1.807) is 0 Å². The molecule has 0 aliphatic carbocycles. The van der Waals surface area contributed by atoms with Gasteiger partial charge in [-0.2, -0.15) is 0 Å². The maximum absolute atomic E-state index is 12.7. The molecule has 1 saturated heterocycles. The van der Waals surface area contributed by atoms with E-state index in [-0.39, 0.29) is 0 Å². The standard InChI is InChI=1S/C22H28N2OS/c25-22(24-13-9-21-19(17-24)11-15-26-21)10-14-23-12-5-4-8-20(23)16-18-6-2-1-3-7-18/h1-3,6-7,11,15,20H,4-5,8-10,12-14,16-17H2. The zero-order chi connectivity index (χ0) is 17.8. The van der Waals surface area contributed by atoms with Gasteiger partial charge in [0.15, 0.2) is 0 Å². The van der Waals surface area contributed by atoms with Gasteiger partial charge in [-0.1, -0.05) is 36.8 Å². The Labute approximate surface area is 160 Å². The van der Waals surface area contributed by atoms with Gasteiger partial charge in [-0.05, 0) is 54.8 Å². The molecule has 0 N–H and O–H groups in total. The maximum Gasteiger partial charge on any atom is 0.224 e. The molecular formula is C22H28N2OS. The summed E-state index contributed by atoms with van der Waals surface area (Å²) in [5, 5.41) is 2.15. The van der Waals surface area contributed by atoms with Crippen LogP contribution in [0.3, 0.4) is 0 Å². The topological polar surface area (TPSA) is 23.6 Å². The van der Waals surface area contributed by atoms with Crippen LogP contribution in [-0.4, -0.2) is 41.4 Å². The number of fused-ring (bicyclic) bond motifs is 1. The zero-order valence-corrected chi connectivity index (χ0v) is 16.2. The number of piperidine rings is 1. The van der Waals surface area contributed by atoms with E-state index in [2.05, 4.69) is 51.6 Å². The number of benzene rings is 1. The third-order valence-electron chi connectivity index (χ3n) is 5.84. The number of likely N-dealkylation sites (tertiary alicyclic amines) is 1. The first kappa shape index (κ1) is 17.7. The number of hydrogen-bond donors (Lipinski definition) is 0. The summed E-state index contributed by atoms with van der Waals surface area (Å²) in [4.78, 5) is 18.8. The van der Waals surface area contributed by atoms with E-state index in [0.717, 1.165) is 39.0 Å². The largest absolute Gasteiger partial charge is 0.338 e. The van der Waals surface area contributed by atoms with E-state index in [9.17, 15) is 4.79 Å². The van der Waals surface area contributed by atoms with Gasteiger partial charge in [0.1, 0.15) is 0 Å². The average Bonchev–Trinajstić information content (AvgIpc) is 3.16. The Morgan fingerprint density at radius 2 is 2.00 bits per heavy atom. The molecule has 2 aliphatic rings. The minimum absolute atomic E-state index is 0.325. The number of carbonyl (C=O) groups excluding carboxylic acids is 1. The Bertz CT molecular complexity index is 727.